The Morgan fingerprint density at radius 1 is 0.778 bits per heavy atom. The van der Waals surface area contributed by atoms with Gasteiger partial charge in [-0.25, -0.2) is 4.79 Å². The number of aromatic carboxylic acids is 1. The molecule has 4 heteroatoms. The third-order valence-electron chi connectivity index (χ3n) is 4.13. The van der Waals surface area contributed by atoms with Crippen molar-refractivity contribution in [2.75, 3.05) is 13.2 Å². The number of carboxylic acids is 1. The van der Waals surface area contributed by atoms with E-state index < -0.39 is 5.97 Å². The third kappa shape index (κ3) is 5.69. The van der Waals surface area contributed by atoms with Gasteiger partial charge in [-0.05, 0) is 41.0 Å². The fraction of sp³-hybridized carbons (Fsp3) is 0.174. The van der Waals surface area contributed by atoms with Crippen LogP contribution in [0.15, 0.2) is 78.9 Å². The lowest BCUT2D eigenvalue weighted by Gasteiger charge is -2.08. The van der Waals surface area contributed by atoms with Gasteiger partial charge in [-0.1, -0.05) is 54.6 Å². The summed E-state index contributed by atoms with van der Waals surface area (Å²) >= 11 is 0. The molecule has 0 aliphatic rings. The SMILES string of the molecule is O=C(O)c1ccc(-c2ccc(OCCCOCc3ccccc3)cc2)cc1. The van der Waals surface area contributed by atoms with E-state index in [1.807, 2.05) is 66.7 Å². The first kappa shape index (κ1) is 18.7. The van der Waals surface area contributed by atoms with Crippen LogP contribution >= 0.6 is 0 Å². The van der Waals surface area contributed by atoms with Gasteiger partial charge >= 0.3 is 5.97 Å². The first-order chi connectivity index (χ1) is 13.2. The van der Waals surface area contributed by atoms with Crippen LogP contribution in [0.1, 0.15) is 22.3 Å². The van der Waals surface area contributed by atoms with Crippen LogP contribution in [0.2, 0.25) is 0 Å². The minimum absolute atomic E-state index is 0.285. The van der Waals surface area contributed by atoms with Gasteiger partial charge in [-0.2, -0.15) is 0 Å². The summed E-state index contributed by atoms with van der Waals surface area (Å²) in [6.07, 6.45) is 0.825. The maximum atomic E-state index is 10.9. The molecule has 0 heterocycles. The fourth-order valence-electron chi connectivity index (χ4n) is 2.66. The number of carboxylic acid groups (broad SMARTS) is 1. The number of hydrogen-bond donors (Lipinski definition) is 1. The van der Waals surface area contributed by atoms with Crippen molar-refractivity contribution < 1.29 is 19.4 Å². The summed E-state index contributed by atoms with van der Waals surface area (Å²) in [5, 5.41) is 8.95. The standard InChI is InChI=1S/C23H22O4/c24-23(25)21-9-7-19(8-10-21)20-11-13-22(14-12-20)27-16-4-15-26-17-18-5-2-1-3-6-18/h1-3,5-14H,4,15-17H2,(H,24,25). The molecule has 0 unspecified atom stereocenters. The number of hydrogen-bond acceptors (Lipinski definition) is 3. The Balaban J connectivity index is 1.40. The van der Waals surface area contributed by atoms with Crippen molar-refractivity contribution >= 4 is 5.97 Å². The number of rotatable bonds is 9. The van der Waals surface area contributed by atoms with E-state index in [1.54, 1.807) is 12.1 Å². The maximum Gasteiger partial charge on any atom is 0.335 e. The van der Waals surface area contributed by atoms with Crippen LogP contribution in [0.5, 0.6) is 5.75 Å². The Hall–Kier alpha value is -3.11. The van der Waals surface area contributed by atoms with Gasteiger partial charge in [0.25, 0.3) is 0 Å². The normalized spacial score (nSPS) is 10.5. The zero-order chi connectivity index (χ0) is 18.9. The van der Waals surface area contributed by atoms with Crippen molar-refractivity contribution in [3.8, 4) is 16.9 Å². The summed E-state index contributed by atoms with van der Waals surface area (Å²) < 4.78 is 11.4. The molecule has 0 aromatic heterocycles. The molecule has 3 rings (SSSR count). The van der Waals surface area contributed by atoms with Crippen LogP contribution in [-0.4, -0.2) is 24.3 Å². The average Bonchev–Trinajstić information content (AvgIpc) is 2.72. The van der Waals surface area contributed by atoms with Gasteiger partial charge < -0.3 is 14.6 Å². The summed E-state index contributed by atoms with van der Waals surface area (Å²) in [6, 6.07) is 24.7. The summed E-state index contributed by atoms with van der Waals surface area (Å²) in [5.74, 6) is -0.109. The molecule has 3 aromatic rings. The smallest absolute Gasteiger partial charge is 0.335 e. The quantitative estimate of drug-likeness (QED) is 0.542. The molecule has 0 spiro atoms. The molecule has 138 valence electrons. The summed E-state index contributed by atoms with van der Waals surface area (Å²) in [4.78, 5) is 10.9. The van der Waals surface area contributed by atoms with E-state index in [9.17, 15) is 4.79 Å². The third-order valence-corrected chi connectivity index (χ3v) is 4.13. The van der Waals surface area contributed by atoms with Crippen molar-refractivity contribution in [2.24, 2.45) is 0 Å². The highest BCUT2D eigenvalue weighted by molar-refractivity contribution is 5.88. The average molecular weight is 362 g/mol. The van der Waals surface area contributed by atoms with Crippen molar-refractivity contribution in [1.82, 2.24) is 0 Å². The molecule has 0 radical (unpaired) electrons. The van der Waals surface area contributed by atoms with Gasteiger partial charge in [0.2, 0.25) is 0 Å². The van der Waals surface area contributed by atoms with E-state index in [1.165, 1.54) is 5.56 Å². The van der Waals surface area contributed by atoms with Crippen molar-refractivity contribution in [3.05, 3.63) is 90.0 Å². The van der Waals surface area contributed by atoms with Gasteiger partial charge in [0.1, 0.15) is 5.75 Å². The highest BCUT2D eigenvalue weighted by Gasteiger charge is 2.03. The minimum atomic E-state index is -0.918. The van der Waals surface area contributed by atoms with E-state index in [0.29, 0.717) is 19.8 Å². The first-order valence-electron chi connectivity index (χ1n) is 8.90. The van der Waals surface area contributed by atoms with Crippen molar-refractivity contribution in [1.29, 1.82) is 0 Å². The fourth-order valence-corrected chi connectivity index (χ4v) is 2.66. The molecule has 3 aromatic carbocycles. The van der Waals surface area contributed by atoms with Crippen LogP contribution in [-0.2, 0) is 11.3 Å². The molecular formula is C23H22O4. The van der Waals surface area contributed by atoms with Gasteiger partial charge in [0.15, 0.2) is 0 Å². The summed E-state index contributed by atoms with van der Waals surface area (Å²) in [6.45, 7) is 1.88. The Morgan fingerprint density at radius 2 is 1.41 bits per heavy atom. The Kier molecular flexibility index (Phi) is 6.61. The van der Waals surface area contributed by atoms with Gasteiger partial charge in [0.05, 0.1) is 25.4 Å². The lowest BCUT2D eigenvalue weighted by Crippen LogP contribution is -2.03. The van der Waals surface area contributed by atoms with Crippen LogP contribution in [0.4, 0.5) is 0 Å². The zero-order valence-electron chi connectivity index (χ0n) is 15.0. The molecule has 0 saturated carbocycles. The maximum absolute atomic E-state index is 10.9. The molecule has 0 atom stereocenters. The molecule has 1 N–H and O–H groups in total. The molecule has 0 amide bonds. The van der Waals surface area contributed by atoms with Gasteiger partial charge in [-0.3, -0.25) is 0 Å². The monoisotopic (exact) mass is 362 g/mol. The van der Waals surface area contributed by atoms with Crippen molar-refractivity contribution in [3.63, 3.8) is 0 Å². The predicted molar refractivity (Wildman–Crippen MR) is 105 cm³/mol. The molecule has 0 bridgehead atoms. The Labute approximate surface area is 159 Å². The lowest BCUT2D eigenvalue weighted by atomic mass is 10.0. The molecule has 0 aliphatic heterocycles. The topological polar surface area (TPSA) is 55.8 Å². The second-order valence-electron chi connectivity index (χ2n) is 6.15. The highest BCUT2D eigenvalue weighted by atomic mass is 16.5. The van der Waals surface area contributed by atoms with Crippen molar-refractivity contribution in [2.45, 2.75) is 13.0 Å². The largest absolute Gasteiger partial charge is 0.494 e. The zero-order valence-corrected chi connectivity index (χ0v) is 15.0. The molecule has 0 fully saturated rings. The minimum Gasteiger partial charge on any atom is -0.494 e. The van der Waals surface area contributed by atoms with E-state index in [-0.39, 0.29) is 5.56 Å². The Morgan fingerprint density at radius 3 is 2.04 bits per heavy atom. The first-order valence-corrected chi connectivity index (χ1v) is 8.90. The summed E-state index contributed by atoms with van der Waals surface area (Å²) in [5.41, 5.74) is 3.45. The second-order valence-corrected chi connectivity index (χ2v) is 6.15. The second kappa shape index (κ2) is 9.55. The molecule has 0 saturated heterocycles. The number of carbonyl (C=O) groups is 1. The van der Waals surface area contributed by atoms with E-state index in [4.69, 9.17) is 14.6 Å². The van der Waals surface area contributed by atoms with Gasteiger partial charge in [-0.15, -0.1) is 0 Å². The predicted octanol–water partition coefficient (Wildman–Crippen LogP) is 5.04. The van der Waals surface area contributed by atoms with E-state index >= 15 is 0 Å². The lowest BCUT2D eigenvalue weighted by molar-refractivity contribution is 0.0697. The molecule has 0 aliphatic carbocycles. The summed E-state index contributed by atoms with van der Waals surface area (Å²) in [7, 11) is 0. The molecule has 4 nitrogen and oxygen atoms in total. The van der Waals surface area contributed by atoms with Crippen LogP contribution in [0.25, 0.3) is 11.1 Å². The van der Waals surface area contributed by atoms with Crippen LogP contribution < -0.4 is 4.74 Å². The number of ether oxygens (including phenoxy) is 2. The van der Waals surface area contributed by atoms with Crippen LogP contribution in [0.3, 0.4) is 0 Å². The van der Waals surface area contributed by atoms with E-state index in [0.717, 1.165) is 23.3 Å². The van der Waals surface area contributed by atoms with Crippen LogP contribution in [0, 0.1) is 0 Å². The molecular weight excluding hydrogens is 340 g/mol. The van der Waals surface area contributed by atoms with E-state index in [2.05, 4.69) is 0 Å². The Bertz CT molecular complexity index is 840. The number of benzene rings is 3. The van der Waals surface area contributed by atoms with Gasteiger partial charge in [0, 0.05) is 6.42 Å². The highest BCUT2D eigenvalue weighted by Crippen LogP contribution is 2.23. The molecule has 27 heavy (non-hydrogen) atoms.